The number of nitrogens with zero attached hydrogens (tertiary/aromatic N) is 2. The van der Waals surface area contributed by atoms with E-state index in [1.165, 1.54) is 6.42 Å². The Hall–Kier alpha value is -2.01. The maximum absolute atomic E-state index is 12.5. The smallest absolute Gasteiger partial charge is 0.272 e. The van der Waals surface area contributed by atoms with Gasteiger partial charge in [0.1, 0.15) is 5.69 Å². The van der Waals surface area contributed by atoms with E-state index in [2.05, 4.69) is 15.3 Å². The average Bonchev–Trinajstić information content (AvgIpc) is 3.36. The molecule has 114 valence electrons. The molecule has 1 aliphatic heterocycles. The monoisotopic (exact) mass is 297 g/mol. The third-order valence-corrected chi connectivity index (χ3v) is 4.63. The summed E-state index contributed by atoms with van der Waals surface area (Å²) in [7, 11) is 0. The topological polar surface area (TPSA) is 64.1 Å². The number of para-hydroxylation sites is 2. The van der Waals surface area contributed by atoms with Gasteiger partial charge < -0.3 is 10.1 Å². The number of benzene rings is 1. The summed E-state index contributed by atoms with van der Waals surface area (Å²) in [5.41, 5.74) is 1.75. The molecule has 1 saturated carbocycles. The van der Waals surface area contributed by atoms with Gasteiger partial charge in [0.25, 0.3) is 5.91 Å². The van der Waals surface area contributed by atoms with E-state index in [0.717, 1.165) is 43.3 Å². The van der Waals surface area contributed by atoms with Crippen molar-refractivity contribution in [2.45, 2.75) is 43.7 Å². The first-order chi connectivity index (χ1) is 10.8. The Kier molecular flexibility index (Phi) is 3.30. The van der Waals surface area contributed by atoms with Gasteiger partial charge in [-0.05, 0) is 44.2 Å². The Labute approximate surface area is 129 Å². The van der Waals surface area contributed by atoms with Crippen LogP contribution >= 0.6 is 0 Å². The maximum atomic E-state index is 12.5. The van der Waals surface area contributed by atoms with E-state index < -0.39 is 0 Å². The van der Waals surface area contributed by atoms with E-state index in [0.29, 0.717) is 5.69 Å². The highest BCUT2D eigenvalue weighted by molar-refractivity contribution is 5.94. The molecule has 1 aromatic heterocycles. The SMILES string of the molecule is O=C(NC1(C2CCCCO2)CC1)c1cnc2ccccc2n1. The zero-order valence-electron chi connectivity index (χ0n) is 12.4. The van der Waals surface area contributed by atoms with E-state index in [1.807, 2.05) is 24.3 Å². The average molecular weight is 297 g/mol. The predicted octanol–water partition coefficient (Wildman–Crippen LogP) is 2.46. The summed E-state index contributed by atoms with van der Waals surface area (Å²) >= 11 is 0. The van der Waals surface area contributed by atoms with E-state index >= 15 is 0 Å². The number of hydrogen-bond donors (Lipinski definition) is 1. The lowest BCUT2D eigenvalue weighted by molar-refractivity contribution is -0.0139. The Bertz CT molecular complexity index is 706. The number of aromatic nitrogens is 2. The largest absolute Gasteiger partial charge is 0.376 e. The number of ether oxygens (including phenoxy) is 1. The minimum atomic E-state index is -0.176. The molecule has 5 heteroatoms. The van der Waals surface area contributed by atoms with Crippen LogP contribution < -0.4 is 5.32 Å². The second-order valence-electron chi connectivity index (χ2n) is 6.21. The fourth-order valence-electron chi connectivity index (χ4n) is 3.20. The highest BCUT2D eigenvalue weighted by atomic mass is 16.5. The molecule has 22 heavy (non-hydrogen) atoms. The first-order valence-corrected chi connectivity index (χ1v) is 7.93. The van der Waals surface area contributed by atoms with Gasteiger partial charge in [-0.3, -0.25) is 9.78 Å². The number of carbonyl (C=O) groups excluding carboxylic acids is 1. The molecule has 2 aromatic rings. The van der Waals surface area contributed by atoms with Gasteiger partial charge in [0, 0.05) is 6.61 Å². The summed E-state index contributed by atoms with van der Waals surface area (Å²) in [5.74, 6) is -0.148. The fourth-order valence-corrected chi connectivity index (χ4v) is 3.20. The molecule has 1 amide bonds. The van der Waals surface area contributed by atoms with Crippen molar-refractivity contribution in [3.05, 3.63) is 36.2 Å². The maximum Gasteiger partial charge on any atom is 0.272 e. The van der Waals surface area contributed by atoms with Crippen molar-refractivity contribution in [3.63, 3.8) is 0 Å². The Balaban J connectivity index is 1.53. The van der Waals surface area contributed by atoms with Crippen molar-refractivity contribution in [1.82, 2.24) is 15.3 Å². The van der Waals surface area contributed by atoms with Gasteiger partial charge in [-0.25, -0.2) is 4.98 Å². The van der Waals surface area contributed by atoms with Crippen molar-refractivity contribution < 1.29 is 9.53 Å². The Morgan fingerprint density at radius 1 is 1.23 bits per heavy atom. The van der Waals surface area contributed by atoms with Crippen LogP contribution in [0.1, 0.15) is 42.6 Å². The molecule has 5 nitrogen and oxygen atoms in total. The number of hydrogen-bond acceptors (Lipinski definition) is 4. The summed E-state index contributed by atoms with van der Waals surface area (Å²) < 4.78 is 5.86. The minimum Gasteiger partial charge on any atom is -0.376 e. The first kappa shape index (κ1) is 13.6. The van der Waals surface area contributed by atoms with Gasteiger partial charge in [-0.15, -0.1) is 0 Å². The summed E-state index contributed by atoms with van der Waals surface area (Å²) in [6.45, 7) is 0.804. The van der Waals surface area contributed by atoms with Crippen LogP contribution in [0.3, 0.4) is 0 Å². The molecule has 1 N–H and O–H groups in total. The van der Waals surface area contributed by atoms with Gasteiger partial charge in [0.05, 0.1) is 28.9 Å². The fraction of sp³-hybridized carbons (Fsp3) is 0.471. The molecular formula is C17H19N3O2. The molecule has 4 rings (SSSR count). The van der Waals surface area contributed by atoms with Gasteiger partial charge in [-0.1, -0.05) is 12.1 Å². The lowest BCUT2D eigenvalue weighted by Crippen LogP contribution is -2.48. The van der Waals surface area contributed by atoms with Crippen molar-refractivity contribution in [3.8, 4) is 0 Å². The second-order valence-corrected chi connectivity index (χ2v) is 6.21. The van der Waals surface area contributed by atoms with Crippen LogP contribution in [-0.4, -0.2) is 34.1 Å². The Morgan fingerprint density at radius 2 is 2.05 bits per heavy atom. The molecule has 1 unspecified atom stereocenters. The van der Waals surface area contributed by atoms with Gasteiger partial charge in [0.15, 0.2) is 0 Å². The molecule has 1 saturated heterocycles. The zero-order chi connectivity index (χ0) is 15.0. The summed E-state index contributed by atoms with van der Waals surface area (Å²) in [5, 5.41) is 3.15. The molecule has 2 aliphatic rings. The summed E-state index contributed by atoms with van der Waals surface area (Å²) in [6.07, 6.45) is 7.02. The van der Waals surface area contributed by atoms with Crippen molar-refractivity contribution >= 4 is 16.9 Å². The molecule has 1 aromatic carbocycles. The third-order valence-electron chi connectivity index (χ3n) is 4.63. The highest BCUT2D eigenvalue weighted by Crippen LogP contribution is 2.43. The molecular weight excluding hydrogens is 278 g/mol. The van der Waals surface area contributed by atoms with Crippen LogP contribution in [0, 0.1) is 0 Å². The van der Waals surface area contributed by atoms with Crippen LogP contribution in [0.2, 0.25) is 0 Å². The van der Waals surface area contributed by atoms with Crippen LogP contribution in [0.5, 0.6) is 0 Å². The van der Waals surface area contributed by atoms with Crippen LogP contribution in [0.4, 0.5) is 0 Å². The normalized spacial score (nSPS) is 23.2. The lowest BCUT2D eigenvalue weighted by Gasteiger charge is -2.31. The minimum absolute atomic E-state index is 0.148. The number of rotatable bonds is 3. The van der Waals surface area contributed by atoms with Crippen LogP contribution in [-0.2, 0) is 4.74 Å². The quantitative estimate of drug-likeness (QED) is 0.945. The summed E-state index contributed by atoms with van der Waals surface area (Å²) in [6, 6.07) is 7.58. The molecule has 2 heterocycles. The number of nitrogens with one attached hydrogen (secondary N) is 1. The van der Waals surface area contributed by atoms with E-state index in [-0.39, 0.29) is 17.6 Å². The molecule has 1 atom stereocenters. The molecule has 0 bridgehead atoms. The number of amides is 1. The number of carbonyl (C=O) groups is 1. The van der Waals surface area contributed by atoms with Gasteiger partial charge in [0.2, 0.25) is 0 Å². The highest BCUT2D eigenvalue weighted by Gasteiger charge is 2.51. The van der Waals surface area contributed by atoms with Gasteiger partial charge in [-0.2, -0.15) is 0 Å². The number of fused-ring (bicyclic) bond motifs is 1. The molecule has 1 aliphatic carbocycles. The van der Waals surface area contributed by atoms with Crippen molar-refractivity contribution in [1.29, 1.82) is 0 Å². The van der Waals surface area contributed by atoms with Crippen molar-refractivity contribution in [2.75, 3.05) is 6.61 Å². The van der Waals surface area contributed by atoms with E-state index in [4.69, 9.17) is 4.74 Å². The van der Waals surface area contributed by atoms with E-state index in [1.54, 1.807) is 6.20 Å². The lowest BCUT2D eigenvalue weighted by atomic mass is 10.00. The van der Waals surface area contributed by atoms with Crippen LogP contribution in [0.15, 0.2) is 30.5 Å². The standard InChI is InChI=1S/C17H19N3O2/c21-16(14-11-18-12-5-1-2-6-13(12)19-14)20-17(8-9-17)15-7-3-4-10-22-15/h1-2,5-6,11,15H,3-4,7-10H2,(H,20,21). The first-order valence-electron chi connectivity index (χ1n) is 7.93. The molecule has 2 fully saturated rings. The van der Waals surface area contributed by atoms with Gasteiger partial charge >= 0.3 is 0 Å². The third kappa shape index (κ3) is 2.46. The zero-order valence-corrected chi connectivity index (χ0v) is 12.4. The molecule has 0 spiro atoms. The second kappa shape index (κ2) is 5.32. The summed E-state index contributed by atoms with van der Waals surface area (Å²) in [4.78, 5) is 21.2. The molecule has 0 radical (unpaired) electrons. The van der Waals surface area contributed by atoms with Crippen molar-refractivity contribution in [2.24, 2.45) is 0 Å². The Morgan fingerprint density at radius 3 is 2.77 bits per heavy atom. The van der Waals surface area contributed by atoms with Crippen LogP contribution in [0.25, 0.3) is 11.0 Å². The predicted molar refractivity (Wildman–Crippen MR) is 82.6 cm³/mol. The van der Waals surface area contributed by atoms with E-state index in [9.17, 15) is 4.79 Å².